The molecule has 0 fully saturated rings. The highest BCUT2D eigenvalue weighted by Crippen LogP contribution is 2.37. The molecule has 10 heteroatoms. The smallest absolute Gasteiger partial charge is 0.416 e. The van der Waals surface area contributed by atoms with Gasteiger partial charge in [0.25, 0.3) is 0 Å². The molecule has 0 spiro atoms. The Bertz CT molecular complexity index is 996. The molecule has 1 amide bonds. The van der Waals surface area contributed by atoms with Crippen LogP contribution in [0, 0.1) is 13.8 Å². The minimum absolute atomic E-state index is 0.0312. The third-order valence-corrected chi connectivity index (χ3v) is 5.68. The third-order valence-electron chi connectivity index (χ3n) is 5.68. The molecule has 4 nitrogen and oxygen atoms in total. The quantitative estimate of drug-likeness (QED) is 0.357. The zero-order valence-electron chi connectivity index (χ0n) is 20.1. The van der Waals surface area contributed by atoms with Gasteiger partial charge >= 0.3 is 18.4 Å². The van der Waals surface area contributed by atoms with Gasteiger partial charge < -0.3 is 10.0 Å². The number of alkyl halides is 6. The normalized spacial score (nSPS) is 12.1. The van der Waals surface area contributed by atoms with Gasteiger partial charge in [-0.1, -0.05) is 19.9 Å². The Labute approximate surface area is 201 Å². The van der Waals surface area contributed by atoms with Crippen molar-refractivity contribution in [3.63, 3.8) is 0 Å². The number of anilines is 1. The maximum Gasteiger partial charge on any atom is 0.416 e. The van der Waals surface area contributed by atoms with E-state index in [-0.39, 0.29) is 18.2 Å². The van der Waals surface area contributed by atoms with Gasteiger partial charge in [0, 0.05) is 25.3 Å². The summed E-state index contributed by atoms with van der Waals surface area (Å²) in [6, 6.07) is 4.93. The Balaban J connectivity index is 2.51. The van der Waals surface area contributed by atoms with Crippen molar-refractivity contribution in [3.8, 4) is 0 Å². The average molecular weight is 505 g/mol. The Morgan fingerprint density at radius 3 is 1.71 bits per heavy atom. The topological polar surface area (TPSA) is 43.8 Å². The largest absolute Gasteiger partial charge is 0.465 e. The lowest BCUT2D eigenvalue weighted by Crippen LogP contribution is -2.31. The molecule has 194 valence electrons. The van der Waals surface area contributed by atoms with E-state index < -0.39 is 36.1 Å². The number of nitrogens with zero attached hydrogens (tertiary/aromatic N) is 2. The van der Waals surface area contributed by atoms with Gasteiger partial charge in [0.1, 0.15) is 0 Å². The summed E-state index contributed by atoms with van der Waals surface area (Å²) in [5.74, 6) is 0. The number of amides is 1. The lowest BCUT2D eigenvalue weighted by molar-refractivity contribution is -0.143. The van der Waals surface area contributed by atoms with Crippen LogP contribution < -0.4 is 4.90 Å². The van der Waals surface area contributed by atoms with Crippen LogP contribution in [0.4, 0.5) is 36.8 Å². The highest BCUT2D eigenvalue weighted by Gasteiger charge is 2.37. The number of rotatable bonds is 9. The Hall–Kier alpha value is -2.91. The first-order chi connectivity index (χ1) is 16.2. The maximum absolute atomic E-state index is 13.2. The first-order valence-corrected chi connectivity index (χ1v) is 11.3. The lowest BCUT2D eigenvalue weighted by Gasteiger charge is -2.29. The van der Waals surface area contributed by atoms with Crippen molar-refractivity contribution in [2.24, 2.45) is 0 Å². The summed E-state index contributed by atoms with van der Waals surface area (Å²) in [5, 5.41) is 9.78. The third kappa shape index (κ3) is 7.53. The zero-order chi connectivity index (χ0) is 26.6. The molecule has 0 aliphatic carbocycles. The first kappa shape index (κ1) is 28.3. The van der Waals surface area contributed by atoms with Crippen LogP contribution in [0.15, 0.2) is 30.3 Å². The van der Waals surface area contributed by atoms with Gasteiger partial charge in [0.05, 0.1) is 17.7 Å². The van der Waals surface area contributed by atoms with E-state index in [1.807, 2.05) is 39.8 Å². The van der Waals surface area contributed by atoms with Crippen LogP contribution in [0.3, 0.4) is 0 Å². The number of benzene rings is 2. The van der Waals surface area contributed by atoms with Gasteiger partial charge in [-0.15, -0.1) is 0 Å². The predicted octanol–water partition coefficient (Wildman–Crippen LogP) is 7.65. The van der Waals surface area contributed by atoms with E-state index in [0.717, 1.165) is 47.6 Å². The Kier molecular flexibility index (Phi) is 9.08. The zero-order valence-corrected chi connectivity index (χ0v) is 20.1. The van der Waals surface area contributed by atoms with Crippen LogP contribution in [0.2, 0.25) is 0 Å². The minimum atomic E-state index is -5.01. The second-order valence-corrected chi connectivity index (χ2v) is 8.60. The fourth-order valence-electron chi connectivity index (χ4n) is 3.90. The van der Waals surface area contributed by atoms with Crippen LogP contribution in [0.1, 0.15) is 60.1 Å². The molecule has 0 radical (unpaired) electrons. The van der Waals surface area contributed by atoms with Gasteiger partial charge in [-0.2, -0.15) is 26.3 Å². The van der Waals surface area contributed by atoms with Crippen molar-refractivity contribution in [1.29, 1.82) is 0 Å². The van der Waals surface area contributed by atoms with Crippen molar-refractivity contribution in [2.75, 3.05) is 18.0 Å². The maximum atomic E-state index is 13.2. The van der Waals surface area contributed by atoms with Crippen molar-refractivity contribution in [3.05, 3.63) is 63.7 Å². The summed E-state index contributed by atoms with van der Waals surface area (Å²) in [5.41, 5.74) is 0.00610. The van der Waals surface area contributed by atoms with Crippen molar-refractivity contribution in [1.82, 2.24) is 4.90 Å². The fourth-order valence-corrected chi connectivity index (χ4v) is 3.90. The fraction of sp³-hybridized carbons (Fsp3) is 0.480. The molecular weight excluding hydrogens is 474 g/mol. The molecule has 0 saturated heterocycles. The molecule has 0 unspecified atom stereocenters. The molecule has 35 heavy (non-hydrogen) atoms. The van der Waals surface area contributed by atoms with E-state index in [9.17, 15) is 36.2 Å². The summed E-state index contributed by atoms with van der Waals surface area (Å²) in [6.07, 6.45) is -9.77. The molecule has 0 aliphatic rings. The van der Waals surface area contributed by atoms with Gasteiger partial charge in [0.15, 0.2) is 0 Å². The molecule has 1 N–H and O–H groups in total. The predicted molar refractivity (Wildman–Crippen MR) is 122 cm³/mol. The summed E-state index contributed by atoms with van der Waals surface area (Å²) in [4.78, 5) is 15.0. The van der Waals surface area contributed by atoms with Crippen LogP contribution in [-0.4, -0.2) is 29.2 Å². The number of carboxylic acid groups (broad SMARTS) is 1. The van der Waals surface area contributed by atoms with Gasteiger partial charge in [-0.3, -0.25) is 4.90 Å². The second-order valence-electron chi connectivity index (χ2n) is 8.60. The van der Waals surface area contributed by atoms with E-state index in [0.29, 0.717) is 17.7 Å². The van der Waals surface area contributed by atoms with E-state index >= 15 is 0 Å². The molecule has 2 aromatic rings. The van der Waals surface area contributed by atoms with E-state index in [2.05, 4.69) is 4.90 Å². The lowest BCUT2D eigenvalue weighted by atomic mass is 10.0. The SMILES string of the molecule is CCCN(CCC)c1cc(C)c(C)cc1CN(Cc1cc(C(F)(F)F)cc(C(F)(F)F)c1)C(=O)O. The summed E-state index contributed by atoms with van der Waals surface area (Å²) in [6.45, 7) is 8.44. The van der Waals surface area contributed by atoms with E-state index in [1.54, 1.807) is 0 Å². The minimum Gasteiger partial charge on any atom is -0.465 e. The van der Waals surface area contributed by atoms with Gasteiger partial charge in [-0.25, -0.2) is 4.79 Å². The molecule has 2 rings (SSSR count). The Morgan fingerprint density at radius 1 is 0.800 bits per heavy atom. The number of hydrogen-bond acceptors (Lipinski definition) is 2. The number of hydrogen-bond donors (Lipinski definition) is 1. The molecular formula is C25H30F6N2O2. The van der Waals surface area contributed by atoms with E-state index in [4.69, 9.17) is 0 Å². The summed E-state index contributed by atoms with van der Waals surface area (Å²) >= 11 is 0. The molecule has 0 bridgehead atoms. The van der Waals surface area contributed by atoms with Gasteiger partial charge in [-0.05, 0) is 73.2 Å². The van der Waals surface area contributed by atoms with Crippen LogP contribution in [-0.2, 0) is 25.4 Å². The average Bonchev–Trinajstić information content (AvgIpc) is 2.74. The summed E-state index contributed by atoms with van der Waals surface area (Å²) < 4.78 is 79.5. The van der Waals surface area contributed by atoms with E-state index in [1.165, 1.54) is 0 Å². The highest BCUT2D eigenvalue weighted by atomic mass is 19.4. The van der Waals surface area contributed by atoms with Crippen molar-refractivity contribution >= 4 is 11.8 Å². The molecule has 0 heterocycles. The van der Waals surface area contributed by atoms with Crippen LogP contribution >= 0.6 is 0 Å². The standard InChI is InChI=1S/C25H30F6N2O2/c1-5-7-32(8-6-2)22-10-17(4)16(3)9-19(22)15-33(23(34)35)14-18-11-20(24(26,27)28)13-21(12-18)25(29,30)31/h9-13H,5-8,14-15H2,1-4H3,(H,34,35). The molecule has 0 aromatic heterocycles. The van der Waals surface area contributed by atoms with Crippen molar-refractivity contribution < 1.29 is 36.2 Å². The molecule has 0 saturated carbocycles. The highest BCUT2D eigenvalue weighted by molar-refractivity contribution is 5.66. The molecule has 2 aromatic carbocycles. The molecule has 0 atom stereocenters. The number of aryl methyl sites for hydroxylation is 2. The monoisotopic (exact) mass is 504 g/mol. The summed E-state index contributed by atoms with van der Waals surface area (Å²) in [7, 11) is 0. The molecule has 0 aliphatic heterocycles. The van der Waals surface area contributed by atoms with Crippen LogP contribution in [0.25, 0.3) is 0 Å². The number of halogens is 6. The first-order valence-electron chi connectivity index (χ1n) is 11.3. The Morgan fingerprint density at radius 2 is 1.29 bits per heavy atom. The van der Waals surface area contributed by atoms with Gasteiger partial charge in [0.2, 0.25) is 0 Å². The second kappa shape index (κ2) is 11.2. The number of carbonyl (C=O) groups is 1. The van der Waals surface area contributed by atoms with Crippen LogP contribution in [0.5, 0.6) is 0 Å². The van der Waals surface area contributed by atoms with Crippen molar-refractivity contribution in [2.45, 2.75) is 66.0 Å².